The third kappa shape index (κ3) is 2.33. The Morgan fingerprint density at radius 3 is 2.58 bits per heavy atom. The van der Waals surface area contributed by atoms with Gasteiger partial charge in [0.25, 0.3) is 0 Å². The van der Waals surface area contributed by atoms with Crippen molar-refractivity contribution in [2.45, 2.75) is 58.5 Å². The monoisotopic (exact) mass is 270 g/mol. The summed E-state index contributed by atoms with van der Waals surface area (Å²) >= 11 is 0. The number of hydrogen-bond acceptors (Lipinski definition) is 4. The maximum absolute atomic E-state index is 9.14. The first-order valence-electron chi connectivity index (χ1n) is 7.66. The Bertz CT molecular complexity index is 334. The fourth-order valence-electron chi connectivity index (χ4n) is 4.50. The molecular weight excluding hydrogens is 244 g/mol. The van der Waals surface area contributed by atoms with Crippen LogP contribution in [0.15, 0.2) is 0 Å². The van der Waals surface area contributed by atoms with Crippen LogP contribution in [0.2, 0.25) is 0 Å². The van der Waals surface area contributed by atoms with Crippen LogP contribution < -0.4 is 0 Å². The van der Waals surface area contributed by atoms with Crippen LogP contribution in [0.25, 0.3) is 0 Å². The molecule has 3 rings (SSSR count). The molecular formula is C15H26O4. The molecule has 2 saturated heterocycles. The fourth-order valence-corrected chi connectivity index (χ4v) is 4.50. The number of ether oxygens (including phenoxy) is 2. The summed E-state index contributed by atoms with van der Waals surface area (Å²) < 4.78 is 11.9. The van der Waals surface area contributed by atoms with E-state index in [2.05, 4.69) is 18.7 Å². The van der Waals surface area contributed by atoms with Gasteiger partial charge in [-0.15, -0.1) is 0 Å². The van der Waals surface area contributed by atoms with Crippen molar-refractivity contribution in [2.75, 3.05) is 6.61 Å². The zero-order valence-corrected chi connectivity index (χ0v) is 12.2. The summed E-state index contributed by atoms with van der Waals surface area (Å²) in [5.41, 5.74) is 0. The molecule has 0 aromatic rings. The molecule has 110 valence electrons. The van der Waals surface area contributed by atoms with E-state index in [9.17, 15) is 0 Å². The van der Waals surface area contributed by atoms with Crippen LogP contribution in [0.4, 0.5) is 0 Å². The maximum atomic E-state index is 9.14. The molecule has 19 heavy (non-hydrogen) atoms. The fraction of sp³-hybridized carbons (Fsp3) is 1.00. The van der Waals surface area contributed by atoms with Gasteiger partial charge in [0, 0.05) is 12.3 Å². The Balaban J connectivity index is 1.89. The molecule has 2 aliphatic heterocycles. The van der Waals surface area contributed by atoms with E-state index in [1.54, 1.807) is 0 Å². The Kier molecular flexibility index (Phi) is 3.63. The minimum absolute atomic E-state index is 0.214. The number of hydrogen-bond donors (Lipinski definition) is 1. The SMILES string of the molecule is CC1CCC2C3C1CCC(C)(OO)O[C@H]3OC[C@@H]2C. The topological polar surface area (TPSA) is 47.9 Å². The molecule has 4 nitrogen and oxygen atoms in total. The van der Waals surface area contributed by atoms with Crippen LogP contribution in [0, 0.1) is 29.6 Å². The van der Waals surface area contributed by atoms with Crippen molar-refractivity contribution in [1.29, 1.82) is 0 Å². The lowest BCUT2D eigenvalue weighted by Crippen LogP contribution is -2.50. The highest BCUT2D eigenvalue weighted by molar-refractivity contribution is 4.94. The van der Waals surface area contributed by atoms with Crippen LogP contribution >= 0.6 is 0 Å². The first kappa shape index (κ1) is 13.8. The molecule has 1 aliphatic carbocycles. The van der Waals surface area contributed by atoms with Crippen LogP contribution in [-0.2, 0) is 14.4 Å². The van der Waals surface area contributed by atoms with Gasteiger partial charge < -0.3 is 9.47 Å². The van der Waals surface area contributed by atoms with Crippen LogP contribution in [0.5, 0.6) is 0 Å². The average molecular weight is 270 g/mol. The lowest BCUT2D eigenvalue weighted by molar-refractivity contribution is -0.431. The molecule has 0 amide bonds. The normalized spacial score (nSPS) is 54.3. The summed E-state index contributed by atoms with van der Waals surface area (Å²) in [7, 11) is 0. The molecule has 1 saturated carbocycles. The van der Waals surface area contributed by atoms with E-state index in [0.717, 1.165) is 19.4 Å². The first-order chi connectivity index (χ1) is 9.04. The van der Waals surface area contributed by atoms with Crippen molar-refractivity contribution in [3.63, 3.8) is 0 Å². The average Bonchev–Trinajstić information content (AvgIpc) is 2.55. The molecule has 0 spiro atoms. The Morgan fingerprint density at radius 1 is 1.11 bits per heavy atom. The molecule has 4 heteroatoms. The lowest BCUT2D eigenvalue weighted by atomic mass is 9.61. The molecule has 2 heterocycles. The largest absolute Gasteiger partial charge is 0.352 e. The van der Waals surface area contributed by atoms with Crippen LogP contribution in [0.3, 0.4) is 0 Å². The van der Waals surface area contributed by atoms with Gasteiger partial charge in [0.2, 0.25) is 5.79 Å². The predicted octanol–water partition coefficient (Wildman–Crippen LogP) is 3.27. The van der Waals surface area contributed by atoms with E-state index in [4.69, 9.17) is 14.7 Å². The summed E-state index contributed by atoms with van der Waals surface area (Å²) in [6.45, 7) is 7.21. The smallest absolute Gasteiger partial charge is 0.201 e. The summed E-state index contributed by atoms with van der Waals surface area (Å²) in [5, 5.41) is 9.14. The quantitative estimate of drug-likeness (QED) is 0.587. The van der Waals surface area contributed by atoms with Gasteiger partial charge in [-0.05, 0) is 43.4 Å². The van der Waals surface area contributed by atoms with Gasteiger partial charge >= 0.3 is 0 Å². The van der Waals surface area contributed by atoms with Crippen molar-refractivity contribution in [2.24, 2.45) is 29.6 Å². The standard InChI is InChI=1S/C15H26O4/c1-9-4-5-11-10(2)8-17-14-13(11)12(9)6-7-15(3,18-14)19-16/h9-14,16H,4-8H2,1-3H3/t9?,10-,11?,12?,13?,14+,15?/m0/s1. The van der Waals surface area contributed by atoms with E-state index in [-0.39, 0.29) is 6.29 Å². The van der Waals surface area contributed by atoms with E-state index in [0.29, 0.717) is 29.6 Å². The molecule has 0 aromatic carbocycles. The van der Waals surface area contributed by atoms with Crippen molar-refractivity contribution in [1.82, 2.24) is 0 Å². The highest BCUT2D eigenvalue weighted by atomic mass is 17.1. The van der Waals surface area contributed by atoms with E-state index >= 15 is 0 Å². The zero-order chi connectivity index (χ0) is 13.6. The summed E-state index contributed by atoms with van der Waals surface area (Å²) in [5.74, 6) is 2.20. The van der Waals surface area contributed by atoms with Gasteiger partial charge in [0.15, 0.2) is 6.29 Å². The Hall–Kier alpha value is -0.160. The van der Waals surface area contributed by atoms with Gasteiger partial charge in [-0.1, -0.05) is 20.3 Å². The van der Waals surface area contributed by atoms with Crippen LogP contribution in [-0.4, -0.2) is 23.9 Å². The van der Waals surface area contributed by atoms with Crippen molar-refractivity contribution >= 4 is 0 Å². The Labute approximate surface area is 115 Å². The molecule has 3 fully saturated rings. The molecule has 0 bridgehead atoms. The van der Waals surface area contributed by atoms with Crippen molar-refractivity contribution in [3.8, 4) is 0 Å². The molecule has 0 radical (unpaired) electrons. The minimum atomic E-state index is -0.910. The second kappa shape index (κ2) is 4.99. The third-order valence-corrected chi connectivity index (χ3v) is 5.73. The second-order valence-electron chi connectivity index (χ2n) is 7.02. The number of rotatable bonds is 1. The third-order valence-electron chi connectivity index (χ3n) is 5.73. The van der Waals surface area contributed by atoms with Crippen molar-refractivity contribution in [3.05, 3.63) is 0 Å². The highest BCUT2D eigenvalue weighted by Gasteiger charge is 2.52. The van der Waals surface area contributed by atoms with Crippen LogP contribution in [0.1, 0.15) is 46.5 Å². The van der Waals surface area contributed by atoms with Crippen molar-refractivity contribution < 1.29 is 19.6 Å². The van der Waals surface area contributed by atoms with E-state index < -0.39 is 5.79 Å². The second-order valence-corrected chi connectivity index (χ2v) is 7.02. The first-order valence-corrected chi connectivity index (χ1v) is 7.66. The highest BCUT2D eigenvalue weighted by Crippen LogP contribution is 2.52. The molecule has 7 atom stereocenters. The van der Waals surface area contributed by atoms with E-state index in [1.807, 2.05) is 6.92 Å². The zero-order valence-electron chi connectivity index (χ0n) is 12.2. The predicted molar refractivity (Wildman–Crippen MR) is 70.2 cm³/mol. The molecule has 1 N–H and O–H groups in total. The maximum Gasteiger partial charge on any atom is 0.201 e. The van der Waals surface area contributed by atoms with Gasteiger partial charge in [-0.3, -0.25) is 0 Å². The molecule has 5 unspecified atom stereocenters. The summed E-state index contributed by atoms with van der Waals surface area (Å²) in [6.07, 6.45) is 4.15. The van der Waals surface area contributed by atoms with E-state index in [1.165, 1.54) is 12.8 Å². The minimum Gasteiger partial charge on any atom is -0.352 e. The molecule has 0 aromatic heterocycles. The van der Waals surface area contributed by atoms with Gasteiger partial charge in [0.1, 0.15) is 0 Å². The Morgan fingerprint density at radius 2 is 1.84 bits per heavy atom. The molecule has 3 aliphatic rings. The summed E-state index contributed by atoms with van der Waals surface area (Å²) in [4.78, 5) is 4.62. The summed E-state index contributed by atoms with van der Waals surface area (Å²) in [6, 6.07) is 0. The van der Waals surface area contributed by atoms with Gasteiger partial charge in [0.05, 0.1) is 6.61 Å². The van der Waals surface area contributed by atoms with Gasteiger partial charge in [-0.2, -0.15) is 0 Å². The lowest BCUT2D eigenvalue weighted by Gasteiger charge is -2.49. The van der Waals surface area contributed by atoms with Gasteiger partial charge in [-0.25, -0.2) is 10.1 Å².